The summed E-state index contributed by atoms with van der Waals surface area (Å²) in [7, 11) is 0. The van der Waals surface area contributed by atoms with Gasteiger partial charge in [0.1, 0.15) is 23.0 Å². The topological polar surface area (TPSA) is 80.9 Å². The van der Waals surface area contributed by atoms with Crippen LogP contribution in [0.25, 0.3) is 43.8 Å². The van der Waals surface area contributed by atoms with E-state index in [4.69, 9.17) is 0 Å². The highest BCUT2D eigenvalue weighted by Crippen LogP contribution is 2.44. The van der Waals surface area contributed by atoms with E-state index in [9.17, 15) is 20.4 Å². The summed E-state index contributed by atoms with van der Waals surface area (Å²) in [4.78, 5) is 0. The van der Waals surface area contributed by atoms with Crippen LogP contribution in [0.2, 0.25) is 0 Å². The first kappa shape index (κ1) is 22.8. The number of phenolic OH excluding ortho intramolecular Hbond substituents is 4. The second kappa shape index (κ2) is 9.72. The first-order valence-corrected chi connectivity index (χ1v) is 11.5. The lowest BCUT2D eigenvalue weighted by Gasteiger charge is -2.14. The predicted molar refractivity (Wildman–Crippen MR) is 145 cm³/mol. The lowest BCUT2D eigenvalue weighted by Crippen LogP contribution is -1.86. The smallest absolute Gasteiger partial charge is 0.124 e. The zero-order valence-electron chi connectivity index (χ0n) is 19.3. The maximum absolute atomic E-state index is 10.4. The van der Waals surface area contributed by atoms with Crippen LogP contribution in [0, 0.1) is 0 Å². The van der Waals surface area contributed by atoms with Gasteiger partial charge < -0.3 is 20.4 Å². The summed E-state index contributed by atoms with van der Waals surface area (Å²) in [6, 6.07) is 36.7. The van der Waals surface area contributed by atoms with Gasteiger partial charge in [-0.3, -0.25) is 0 Å². The Labute approximate surface area is 208 Å². The Bertz CT molecular complexity index is 1560. The molecule has 0 radical (unpaired) electrons. The van der Waals surface area contributed by atoms with E-state index >= 15 is 0 Å². The normalized spacial score (nSPS) is 10.7. The molecule has 6 aromatic carbocycles. The molecular formula is C32H24O4. The number of para-hydroxylation sites is 2. The molecule has 0 bridgehead atoms. The van der Waals surface area contributed by atoms with Crippen LogP contribution >= 0.6 is 0 Å². The fraction of sp³-hybridized carbons (Fsp3) is 0. The lowest BCUT2D eigenvalue weighted by atomic mass is 9.92. The van der Waals surface area contributed by atoms with Crippen LogP contribution in [0.1, 0.15) is 0 Å². The van der Waals surface area contributed by atoms with Gasteiger partial charge in [0.05, 0.1) is 0 Å². The Hall–Kier alpha value is -4.96. The van der Waals surface area contributed by atoms with Crippen molar-refractivity contribution < 1.29 is 20.4 Å². The van der Waals surface area contributed by atoms with E-state index < -0.39 is 0 Å². The SMILES string of the molecule is Oc1ccc2ccccc2c1-c1c(O)ccc2ccccc12.Oc1ccccc1-c1ccccc1O. The number of aromatic hydroxyl groups is 4. The molecule has 6 aromatic rings. The third kappa shape index (κ3) is 4.28. The monoisotopic (exact) mass is 472 g/mol. The molecule has 0 saturated carbocycles. The highest BCUT2D eigenvalue weighted by molar-refractivity contribution is 6.09. The maximum atomic E-state index is 10.4. The van der Waals surface area contributed by atoms with Gasteiger partial charge in [0, 0.05) is 22.3 Å². The van der Waals surface area contributed by atoms with Crippen molar-refractivity contribution in [2.75, 3.05) is 0 Å². The van der Waals surface area contributed by atoms with Crippen LogP contribution in [0.15, 0.2) is 121 Å². The van der Waals surface area contributed by atoms with Crippen LogP contribution < -0.4 is 0 Å². The molecule has 0 atom stereocenters. The molecule has 176 valence electrons. The largest absolute Gasteiger partial charge is 0.507 e. The van der Waals surface area contributed by atoms with Crippen LogP contribution in [0.3, 0.4) is 0 Å². The molecule has 0 spiro atoms. The minimum absolute atomic E-state index is 0.172. The van der Waals surface area contributed by atoms with Gasteiger partial charge in [-0.25, -0.2) is 0 Å². The molecule has 4 nitrogen and oxygen atoms in total. The zero-order valence-corrected chi connectivity index (χ0v) is 19.3. The molecule has 36 heavy (non-hydrogen) atoms. The van der Waals surface area contributed by atoms with E-state index in [0.29, 0.717) is 22.3 Å². The number of hydrogen-bond acceptors (Lipinski definition) is 4. The Morgan fingerprint density at radius 2 is 0.667 bits per heavy atom. The molecule has 0 fully saturated rings. The van der Waals surface area contributed by atoms with E-state index in [1.165, 1.54) is 0 Å². The minimum atomic E-state index is 0.172. The van der Waals surface area contributed by atoms with E-state index in [1.54, 1.807) is 48.5 Å². The van der Waals surface area contributed by atoms with Gasteiger partial charge in [0.15, 0.2) is 0 Å². The highest BCUT2D eigenvalue weighted by atomic mass is 16.3. The lowest BCUT2D eigenvalue weighted by molar-refractivity contribution is 0.469. The van der Waals surface area contributed by atoms with E-state index in [2.05, 4.69) is 0 Å². The van der Waals surface area contributed by atoms with Gasteiger partial charge in [0.25, 0.3) is 0 Å². The number of phenols is 4. The average Bonchev–Trinajstić information content (AvgIpc) is 2.90. The second-order valence-corrected chi connectivity index (χ2v) is 8.40. The van der Waals surface area contributed by atoms with Gasteiger partial charge in [-0.2, -0.15) is 0 Å². The molecule has 0 aliphatic heterocycles. The van der Waals surface area contributed by atoms with Crippen molar-refractivity contribution >= 4 is 21.5 Å². The summed E-state index contributed by atoms with van der Waals surface area (Å²) in [5.74, 6) is 0.693. The molecule has 0 unspecified atom stereocenters. The molecule has 6 rings (SSSR count). The van der Waals surface area contributed by atoms with Gasteiger partial charge >= 0.3 is 0 Å². The van der Waals surface area contributed by atoms with E-state index in [0.717, 1.165) is 21.5 Å². The average molecular weight is 473 g/mol. The molecule has 0 saturated heterocycles. The van der Waals surface area contributed by atoms with Crippen LogP contribution in [-0.2, 0) is 0 Å². The predicted octanol–water partition coefficient (Wildman–Crippen LogP) is 7.84. The van der Waals surface area contributed by atoms with E-state index in [1.807, 2.05) is 72.8 Å². The molecule has 0 heterocycles. The van der Waals surface area contributed by atoms with Crippen molar-refractivity contribution in [2.24, 2.45) is 0 Å². The number of benzene rings is 6. The second-order valence-electron chi connectivity index (χ2n) is 8.40. The Kier molecular flexibility index (Phi) is 6.16. The molecule has 0 aliphatic rings. The molecule has 0 aromatic heterocycles. The van der Waals surface area contributed by atoms with Crippen molar-refractivity contribution in [3.05, 3.63) is 121 Å². The molecule has 0 aliphatic carbocycles. The molecule has 4 heteroatoms. The third-order valence-electron chi connectivity index (χ3n) is 6.16. The minimum Gasteiger partial charge on any atom is -0.507 e. The van der Waals surface area contributed by atoms with Crippen molar-refractivity contribution in [1.29, 1.82) is 0 Å². The fourth-order valence-corrected chi connectivity index (χ4v) is 4.45. The summed E-state index contributed by atoms with van der Waals surface area (Å²) in [5.41, 5.74) is 2.64. The Morgan fingerprint density at radius 1 is 0.306 bits per heavy atom. The summed E-state index contributed by atoms with van der Waals surface area (Å²) >= 11 is 0. The number of fused-ring (bicyclic) bond motifs is 2. The molecule has 4 N–H and O–H groups in total. The summed E-state index contributed by atoms with van der Waals surface area (Å²) in [5, 5.41) is 43.9. The van der Waals surface area contributed by atoms with Crippen LogP contribution in [-0.4, -0.2) is 20.4 Å². The summed E-state index contributed by atoms with van der Waals surface area (Å²) in [6.07, 6.45) is 0. The van der Waals surface area contributed by atoms with Crippen LogP contribution in [0.5, 0.6) is 23.0 Å². The van der Waals surface area contributed by atoms with Crippen molar-refractivity contribution in [1.82, 2.24) is 0 Å². The molecule has 0 amide bonds. The summed E-state index contributed by atoms with van der Waals surface area (Å²) in [6.45, 7) is 0. The van der Waals surface area contributed by atoms with Gasteiger partial charge in [-0.1, -0.05) is 97.1 Å². The molecular weight excluding hydrogens is 448 g/mol. The first-order chi connectivity index (χ1) is 17.5. The van der Waals surface area contributed by atoms with Crippen LogP contribution in [0.4, 0.5) is 0 Å². The van der Waals surface area contributed by atoms with Crippen molar-refractivity contribution in [3.63, 3.8) is 0 Å². The van der Waals surface area contributed by atoms with Crippen molar-refractivity contribution in [2.45, 2.75) is 0 Å². The Balaban J connectivity index is 0.000000165. The zero-order chi connectivity index (χ0) is 25.1. The van der Waals surface area contributed by atoms with Gasteiger partial charge in [-0.05, 0) is 45.8 Å². The highest BCUT2D eigenvalue weighted by Gasteiger charge is 2.16. The van der Waals surface area contributed by atoms with Gasteiger partial charge in [0.2, 0.25) is 0 Å². The Morgan fingerprint density at radius 3 is 1.08 bits per heavy atom. The van der Waals surface area contributed by atoms with Crippen molar-refractivity contribution in [3.8, 4) is 45.3 Å². The number of rotatable bonds is 2. The van der Waals surface area contributed by atoms with E-state index in [-0.39, 0.29) is 23.0 Å². The summed E-state index contributed by atoms with van der Waals surface area (Å²) < 4.78 is 0. The van der Waals surface area contributed by atoms with Gasteiger partial charge in [-0.15, -0.1) is 0 Å². The quantitative estimate of drug-likeness (QED) is 0.207. The first-order valence-electron chi connectivity index (χ1n) is 11.5. The maximum Gasteiger partial charge on any atom is 0.124 e. The fourth-order valence-electron chi connectivity index (χ4n) is 4.45. The number of hydrogen-bond donors (Lipinski definition) is 4. The standard InChI is InChI=1S/C20H14O2.C12H10O2/c21-17-11-9-13-5-1-3-7-15(13)19(17)20-16-8-4-2-6-14(16)10-12-18(20)22;13-11-7-3-1-5-9(11)10-6-2-4-8-12(10)14/h1-12,21-22H;1-8,13-14H. The third-order valence-corrected chi connectivity index (χ3v) is 6.16.